The van der Waals surface area contributed by atoms with E-state index in [2.05, 4.69) is 10.2 Å². The number of aliphatic carboxylic acids is 1. The van der Waals surface area contributed by atoms with Crippen molar-refractivity contribution in [1.29, 1.82) is 0 Å². The maximum absolute atomic E-state index is 11.6. The van der Waals surface area contributed by atoms with Crippen molar-refractivity contribution in [3.05, 3.63) is 17.8 Å². The molecule has 0 atom stereocenters. The number of carboxylic acids is 1. The first-order valence-electron chi connectivity index (χ1n) is 5.97. The summed E-state index contributed by atoms with van der Waals surface area (Å²) in [5.74, 6) is -0.706. The summed E-state index contributed by atoms with van der Waals surface area (Å²) >= 11 is 0. The largest absolute Gasteiger partial charge is 0.480 e. The average Bonchev–Trinajstić information content (AvgIpc) is 2.37. The van der Waals surface area contributed by atoms with E-state index >= 15 is 0 Å². The molecule has 19 heavy (non-hydrogen) atoms. The molecule has 1 N–H and O–H groups in total. The van der Waals surface area contributed by atoms with Crippen LogP contribution in [0.2, 0.25) is 0 Å². The van der Waals surface area contributed by atoms with E-state index in [-0.39, 0.29) is 18.1 Å². The van der Waals surface area contributed by atoms with E-state index in [9.17, 15) is 9.59 Å². The van der Waals surface area contributed by atoms with Crippen LogP contribution in [0.4, 0.5) is 5.82 Å². The van der Waals surface area contributed by atoms with Crippen LogP contribution >= 0.6 is 0 Å². The van der Waals surface area contributed by atoms with Crippen molar-refractivity contribution >= 4 is 17.7 Å². The highest BCUT2D eigenvalue weighted by molar-refractivity contribution is 5.91. The summed E-state index contributed by atoms with van der Waals surface area (Å²) in [6, 6.07) is 3.16. The highest BCUT2D eigenvalue weighted by Gasteiger charge is 2.14. The van der Waals surface area contributed by atoms with E-state index in [0.29, 0.717) is 12.4 Å². The molecule has 0 spiro atoms. The number of anilines is 1. The van der Waals surface area contributed by atoms with E-state index in [4.69, 9.17) is 5.11 Å². The summed E-state index contributed by atoms with van der Waals surface area (Å²) in [6.45, 7) is 2.39. The Labute approximate surface area is 111 Å². The van der Waals surface area contributed by atoms with Gasteiger partial charge in [-0.15, -0.1) is 10.2 Å². The van der Waals surface area contributed by atoms with Crippen LogP contribution in [0.15, 0.2) is 12.1 Å². The molecular weight excluding hydrogens is 248 g/mol. The standard InChI is InChI=1S/C12H18N4O3/c1-4-7-16(8-11(17)18)10-6-5-9(13-14-10)12(19)15(2)3/h5-6H,4,7-8H2,1-3H3,(H,17,18). The average molecular weight is 266 g/mol. The zero-order valence-electron chi connectivity index (χ0n) is 11.3. The maximum Gasteiger partial charge on any atom is 0.323 e. The van der Waals surface area contributed by atoms with Crippen LogP contribution in [0, 0.1) is 0 Å². The van der Waals surface area contributed by atoms with E-state index < -0.39 is 5.97 Å². The van der Waals surface area contributed by atoms with Gasteiger partial charge in [0.15, 0.2) is 11.5 Å². The molecule has 0 aliphatic heterocycles. The van der Waals surface area contributed by atoms with Gasteiger partial charge >= 0.3 is 5.97 Å². The fourth-order valence-corrected chi connectivity index (χ4v) is 1.54. The molecule has 1 rings (SSSR count). The zero-order valence-corrected chi connectivity index (χ0v) is 11.3. The van der Waals surface area contributed by atoms with Crippen molar-refractivity contribution in [2.45, 2.75) is 13.3 Å². The summed E-state index contributed by atoms with van der Waals surface area (Å²) in [5.41, 5.74) is 0.237. The predicted octanol–water partition coefficient (Wildman–Crippen LogP) is 0.479. The maximum atomic E-state index is 11.6. The Kier molecular flexibility index (Phi) is 5.23. The summed E-state index contributed by atoms with van der Waals surface area (Å²) in [7, 11) is 3.26. The second-order valence-corrected chi connectivity index (χ2v) is 4.29. The molecular formula is C12H18N4O3. The highest BCUT2D eigenvalue weighted by atomic mass is 16.4. The lowest BCUT2D eigenvalue weighted by atomic mass is 10.3. The minimum absolute atomic E-state index is 0.135. The Hall–Kier alpha value is -2.18. The fraction of sp³-hybridized carbons (Fsp3) is 0.500. The Morgan fingerprint density at radius 1 is 1.26 bits per heavy atom. The molecule has 0 radical (unpaired) electrons. The quantitative estimate of drug-likeness (QED) is 0.806. The van der Waals surface area contributed by atoms with Crippen LogP contribution in [0.1, 0.15) is 23.8 Å². The van der Waals surface area contributed by atoms with E-state index in [1.54, 1.807) is 31.1 Å². The number of rotatable bonds is 6. The third-order valence-electron chi connectivity index (χ3n) is 2.42. The topological polar surface area (TPSA) is 86.6 Å². The molecule has 104 valence electrons. The number of carbonyl (C=O) groups is 2. The molecule has 1 aromatic heterocycles. The van der Waals surface area contributed by atoms with Crippen molar-refractivity contribution in [2.24, 2.45) is 0 Å². The molecule has 1 aromatic rings. The molecule has 7 heteroatoms. The Balaban J connectivity index is 2.88. The van der Waals surface area contributed by atoms with E-state index in [0.717, 1.165) is 6.42 Å². The lowest BCUT2D eigenvalue weighted by Gasteiger charge is -2.20. The van der Waals surface area contributed by atoms with Gasteiger partial charge in [0.05, 0.1) is 0 Å². The molecule has 0 fully saturated rings. The number of carboxylic acid groups (broad SMARTS) is 1. The van der Waals surface area contributed by atoms with Gasteiger partial charge < -0.3 is 14.9 Å². The molecule has 0 saturated carbocycles. The van der Waals surface area contributed by atoms with E-state index in [1.165, 1.54) is 4.90 Å². The third-order valence-corrected chi connectivity index (χ3v) is 2.42. The van der Waals surface area contributed by atoms with Gasteiger partial charge in [0, 0.05) is 20.6 Å². The number of hydrogen-bond acceptors (Lipinski definition) is 5. The molecule has 1 amide bonds. The molecule has 0 aliphatic carbocycles. The molecule has 7 nitrogen and oxygen atoms in total. The van der Waals surface area contributed by atoms with Crippen LogP contribution in [-0.2, 0) is 4.79 Å². The lowest BCUT2D eigenvalue weighted by Crippen LogP contribution is -2.31. The highest BCUT2D eigenvalue weighted by Crippen LogP contribution is 2.10. The number of carbonyl (C=O) groups excluding carboxylic acids is 1. The Morgan fingerprint density at radius 3 is 2.37 bits per heavy atom. The molecule has 0 unspecified atom stereocenters. The monoisotopic (exact) mass is 266 g/mol. The first kappa shape index (κ1) is 14.9. The van der Waals surface area contributed by atoms with Gasteiger partial charge in [0.1, 0.15) is 6.54 Å². The van der Waals surface area contributed by atoms with Crippen molar-refractivity contribution in [1.82, 2.24) is 15.1 Å². The summed E-state index contributed by atoms with van der Waals surface area (Å²) in [4.78, 5) is 25.4. The Bertz CT molecular complexity index is 445. The zero-order chi connectivity index (χ0) is 14.4. The fourth-order valence-electron chi connectivity index (χ4n) is 1.54. The second kappa shape index (κ2) is 6.67. The summed E-state index contributed by atoms with van der Waals surface area (Å²) in [6.07, 6.45) is 0.799. The first-order chi connectivity index (χ1) is 8.95. The normalized spacial score (nSPS) is 10.1. The first-order valence-corrected chi connectivity index (χ1v) is 5.97. The molecule has 0 aliphatic rings. The summed E-state index contributed by atoms with van der Waals surface area (Å²) in [5, 5.41) is 16.6. The molecule has 0 aromatic carbocycles. The number of aromatic nitrogens is 2. The molecule has 0 saturated heterocycles. The van der Waals surface area contributed by atoms with Crippen LogP contribution < -0.4 is 4.90 Å². The summed E-state index contributed by atoms with van der Waals surface area (Å²) < 4.78 is 0. The minimum Gasteiger partial charge on any atom is -0.480 e. The SMILES string of the molecule is CCCN(CC(=O)O)c1ccc(C(=O)N(C)C)nn1. The van der Waals surface area contributed by atoms with Crippen LogP contribution in [-0.4, -0.2) is 59.3 Å². The second-order valence-electron chi connectivity index (χ2n) is 4.29. The third kappa shape index (κ3) is 4.20. The smallest absolute Gasteiger partial charge is 0.323 e. The van der Waals surface area contributed by atoms with Crippen LogP contribution in [0.5, 0.6) is 0 Å². The van der Waals surface area contributed by atoms with Gasteiger partial charge in [-0.3, -0.25) is 9.59 Å². The van der Waals surface area contributed by atoms with Crippen molar-refractivity contribution in [3.8, 4) is 0 Å². The number of hydrogen-bond donors (Lipinski definition) is 1. The van der Waals surface area contributed by atoms with Gasteiger partial charge in [0.25, 0.3) is 5.91 Å². The van der Waals surface area contributed by atoms with Gasteiger partial charge in [-0.2, -0.15) is 0 Å². The van der Waals surface area contributed by atoms with Crippen molar-refractivity contribution in [2.75, 3.05) is 32.1 Å². The van der Waals surface area contributed by atoms with Gasteiger partial charge in [-0.25, -0.2) is 0 Å². The number of amides is 1. The van der Waals surface area contributed by atoms with Gasteiger partial charge in [0.2, 0.25) is 0 Å². The predicted molar refractivity (Wildman–Crippen MR) is 70.2 cm³/mol. The van der Waals surface area contributed by atoms with Crippen molar-refractivity contribution in [3.63, 3.8) is 0 Å². The minimum atomic E-state index is -0.927. The van der Waals surface area contributed by atoms with Crippen molar-refractivity contribution < 1.29 is 14.7 Å². The number of nitrogens with zero attached hydrogens (tertiary/aromatic N) is 4. The Morgan fingerprint density at radius 2 is 1.95 bits per heavy atom. The van der Waals surface area contributed by atoms with Crippen LogP contribution in [0.25, 0.3) is 0 Å². The van der Waals surface area contributed by atoms with Gasteiger partial charge in [-0.1, -0.05) is 6.92 Å². The molecule has 0 bridgehead atoms. The van der Waals surface area contributed by atoms with E-state index in [1.807, 2.05) is 6.92 Å². The lowest BCUT2D eigenvalue weighted by molar-refractivity contribution is -0.135. The molecule has 1 heterocycles. The van der Waals surface area contributed by atoms with Gasteiger partial charge in [-0.05, 0) is 18.6 Å². The van der Waals surface area contributed by atoms with Crippen LogP contribution in [0.3, 0.4) is 0 Å².